The highest BCUT2D eigenvalue weighted by molar-refractivity contribution is 8.00. The number of anilines is 2. The average Bonchev–Trinajstić information content (AvgIpc) is 3.16. The Morgan fingerprint density at radius 1 is 1.06 bits per heavy atom. The van der Waals surface area contributed by atoms with Crippen molar-refractivity contribution in [2.24, 2.45) is 0 Å². The number of thioether (sulfide) groups is 1. The topological polar surface area (TPSA) is 58.6 Å². The molecule has 1 atom stereocenters. The summed E-state index contributed by atoms with van der Waals surface area (Å²) in [6.45, 7) is 4.38. The molecule has 4 rings (SSSR count). The zero-order chi connectivity index (χ0) is 21.8. The maximum atomic E-state index is 12.7. The second-order valence-corrected chi connectivity index (χ2v) is 8.29. The maximum absolute atomic E-state index is 12.7. The fraction of sp³-hybridized carbons (Fsp3) is 0.200. The number of benzene rings is 3. The van der Waals surface area contributed by atoms with E-state index in [1.54, 1.807) is 16.7 Å². The van der Waals surface area contributed by atoms with Crippen LogP contribution in [-0.4, -0.2) is 24.2 Å². The first kappa shape index (κ1) is 21.0. The van der Waals surface area contributed by atoms with Crippen LogP contribution in [-0.2, 0) is 4.79 Å². The van der Waals surface area contributed by atoms with Crippen LogP contribution in [0.1, 0.15) is 33.8 Å². The van der Waals surface area contributed by atoms with E-state index >= 15 is 0 Å². The minimum absolute atomic E-state index is 0.0547. The van der Waals surface area contributed by atoms with Crippen molar-refractivity contribution >= 4 is 35.0 Å². The highest BCUT2D eigenvalue weighted by atomic mass is 32.2. The molecule has 0 bridgehead atoms. The molecule has 0 saturated carbocycles. The first-order valence-corrected chi connectivity index (χ1v) is 11.3. The molecule has 1 saturated heterocycles. The van der Waals surface area contributed by atoms with Crippen molar-refractivity contribution < 1.29 is 14.3 Å². The molecule has 0 aliphatic carbocycles. The summed E-state index contributed by atoms with van der Waals surface area (Å²) < 4.78 is 5.75. The normalized spacial score (nSPS) is 15.7. The molecule has 0 radical (unpaired) electrons. The Morgan fingerprint density at radius 3 is 2.52 bits per heavy atom. The lowest BCUT2D eigenvalue weighted by molar-refractivity contribution is -0.115. The molecule has 1 unspecified atom stereocenters. The van der Waals surface area contributed by atoms with Crippen LogP contribution in [0.3, 0.4) is 0 Å². The van der Waals surface area contributed by atoms with Crippen molar-refractivity contribution in [3.63, 3.8) is 0 Å². The van der Waals surface area contributed by atoms with Gasteiger partial charge in [0.1, 0.15) is 11.1 Å². The predicted octanol–water partition coefficient (Wildman–Crippen LogP) is 5.42. The Labute approximate surface area is 186 Å². The van der Waals surface area contributed by atoms with Crippen molar-refractivity contribution in [2.45, 2.75) is 19.2 Å². The van der Waals surface area contributed by atoms with Gasteiger partial charge in [-0.05, 0) is 55.3 Å². The number of para-hydroxylation sites is 2. The maximum Gasteiger partial charge on any atom is 0.255 e. The van der Waals surface area contributed by atoms with Gasteiger partial charge >= 0.3 is 0 Å². The number of carbonyl (C=O) groups is 2. The number of hydrogen-bond donors (Lipinski definition) is 1. The van der Waals surface area contributed by atoms with Gasteiger partial charge in [0, 0.05) is 11.3 Å². The highest BCUT2D eigenvalue weighted by Crippen LogP contribution is 2.44. The lowest BCUT2D eigenvalue weighted by atomic mass is 10.1. The molecule has 31 heavy (non-hydrogen) atoms. The number of amides is 2. The summed E-state index contributed by atoms with van der Waals surface area (Å²) in [7, 11) is 0. The first-order valence-electron chi connectivity index (χ1n) is 10.2. The molecule has 5 nitrogen and oxygen atoms in total. The Hall–Kier alpha value is -3.25. The zero-order valence-corrected chi connectivity index (χ0v) is 18.3. The van der Waals surface area contributed by atoms with E-state index in [0.717, 1.165) is 16.8 Å². The van der Waals surface area contributed by atoms with Crippen molar-refractivity contribution in [1.29, 1.82) is 0 Å². The Kier molecular flexibility index (Phi) is 6.28. The Balaban J connectivity index is 1.55. The van der Waals surface area contributed by atoms with Crippen LogP contribution >= 0.6 is 11.8 Å². The minimum Gasteiger partial charge on any atom is -0.492 e. The zero-order valence-electron chi connectivity index (χ0n) is 17.5. The lowest BCUT2D eigenvalue weighted by Gasteiger charge is -2.26. The van der Waals surface area contributed by atoms with E-state index in [1.165, 1.54) is 0 Å². The molecule has 2 amide bonds. The van der Waals surface area contributed by atoms with Crippen LogP contribution in [0.4, 0.5) is 11.4 Å². The quantitative estimate of drug-likeness (QED) is 0.565. The van der Waals surface area contributed by atoms with Crippen molar-refractivity contribution in [3.05, 3.63) is 89.5 Å². The molecule has 1 fully saturated rings. The molecule has 0 spiro atoms. The number of carbonyl (C=O) groups excluding carboxylic acids is 2. The van der Waals surface area contributed by atoms with Gasteiger partial charge in [-0.1, -0.05) is 42.5 Å². The van der Waals surface area contributed by atoms with Crippen LogP contribution < -0.4 is 15.0 Å². The molecule has 0 aromatic heterocycles. The molecule has 1 heterocycles. The van der Waals surface area contributed by atoms with Crippen LogP contribution in [0, 0.1) is 6.92 Å². The van der Waals surface area contributed by atoms with Gasteiger partial charge in [0.15, 0.2) is 0 Å². The van der Waals surface area contributed by atoms with Gasteiger partial charge in [0.05, 0.1) is 18.0 Å². The molecule has 6 heteroatoms. The predicted molar refractivity (Wildman–Crippen MR) is 126 cm³/mol. The van der Waals surface area contributed by atoms with E-state index in [2.05, 4.69) is 5.32 Å². The lowest BCUT2D eigenvalue weighted by Crippen LogP contribution is -2.28. The van der Waals surface area contributed by atoms with Gasteiger partial charge in [-0.3, -0.25) is 14.5 Å². The highest BCUT2D eigenvalue weighted by Gasteiger charge is 2.35. The van der Waals surface area contributed by atoms with E-state index in [4.69, 9.17) is 4.74 Å². The largest absolute Gasteiger partial charge is 0.492 e. The van der Waals surface area contributed by atoms with Gasteiger partial charge < -0.3 is 10.1 Å². The number of nitrogens with zero attached hydrogens (tertiary/aromatic N) is 1. The smallest absolute Gasteiger partial charge is 0.255 e. The molecule has 158 valence electrons. The first-order chi connectivity index (χ1) is 15.1. The summed E-state index contributed by atoms with van der Waals surface area (Å²) in [6.07, 6.45) is 0. The Bertz CT molecular complexity index is 1100. The Morgan fingerprint density at radius 2 is 1.77 bits per heavy atom. The van der Waals surface area contributed by atoms with Crippen molar-refractivity contribution in [3.8, 4) is 5.75 Å². The molecule has 1 aliphatic heterocycles. The van der Waals surface area contributed by atoms with Gasteiger partial charge in [0.25, 0.3) is 5.91 Å². The number of rotatable bonds is 6. The molecule has 3 aromatic rings. The van der Waals surface area contributed by atoms with Crippen LogP contribution in [0.15, 0.2) is 72.8 Å². The van der Waals surface area contributed by atoms with Gasteiger partial charge in [-0.2, -0.15) is 0 Å². The van der Waals surface area contributed by atoms with E-state index in [0.29, 0.717) is 29.4 Å². The summed E-state index contributed by atoms with van der Waals surface area (Å²) in [6, 6.07) is 22.8. The fourth-order valence-corrected chi connectivity index (χ4v) is 4.79. The van der Waals surface area contributed by atoms with E-state index in [-0.39, 0.29) is 17.2 Å². The molecule has 1 aliphatic rings. The van der Waals surface area contributed by atoms with Crippen molar-refractivity contribution in [1.82, 2.24) is 0 Å². The van der Waals surface area contributed by atoms with Crippen LogP contribution in [0.2, 0.25) is 0 Å². The van der Waals surface area contributed by atoms with Crippen molar-refractivity contribution in [2.75, 3.05) is 22.6 Å². The number of hydrogen-bond acceptors (Lipinski definition) is 4. The van der Waals surface area contributed by atoms with E-state index in [9.17, 15) is 9.59 Å². The van der Waals surface area contributed by atoms with Gasteiger partial charge in [0.2, 0.25) is 5.91 Å². The molecule has 1 N–H and O–H groups in total. The van der Waals surface area contributed by atoms with Gasteiger partial charge in [-0.15, -0.1) is 11.8 Å². The summed E-state index contributed by atoms with van der Waals surface area (Å²) in [4.78, 5) is 27.1. The third-order valence-electron chi connectivity index (χ3n) is 5.14. The van der Waals surface area contributed by atoms with Crippen LogP contribution in [0.25, 0.3) is 0 Å². The second kappa shape index (κ2) is 9.27. The summed E-state index contributed by atoms with van der Waals surface area (Å²) in [5, 5.41) is 2.80. The standard InChI is InChI=1S/C25H24N2O3S/c1-3-30-22-11-7-6-10-21(22)27-23(28)16-31-25(27)18-12-14-19(15-13-18)26-24(29)20-9-5-4-8-17(20)2/h4-15,25H,3,16H2,1-2H3,(H,26,29). The second-order valence-electron chi connectivity index (χ2n) is 7.22. The summed E-state index contributed by atoms with van der Waals surface area (Å²) >= 11 is 1.59. The monoisotopic (exact) mass is 432 g/mol. The SMILES string of the molecule is CCOc1ccccc1N1C(=O)CSC1c1ccc(NC(=O)c2ccccc2C)cc1. The third kappa shape index (κ3) is 4.44. The van der Waals surface area contributed by atoms with E-state index < -0.39 is 0 Å². The minimum atomic E-state index is -0.143. The molecular formula is C25H24N2O3S. The van der Waals surface area contributed by atoms with Crippen LogP contribution in [0.5, 0.6) is 5.75 Å². The summed E-state index contributed by atoms with van der Waals surface area (Å²) in [5.74, 6) is 1.03. The third-order valence-corrected chi connectivity index (χ3v) is 6.35. The number of nitrogens with one attached hydrogen (secondary N) is 1. The fourth-order valence-electron chi connectivity index (χ4n) is 3.62. The number of aryl methyl sites for hydroxylation is 1. The molecular weight excluding hydrogens is 408 g/mol. The molecule has 3 aromatic carbocycles. The average molecular weight is 433 g/mol. The van der Waals surface area contributed by atoms with E-state index in [1.807, 2.05) is 86.6 Å². The summed E-state index contributed by atoms with van der Waals surface area (Å²) in [5.41, 5.74) is 4.08. The van der Waals surface area contributed by atoms with Gasteiger partial charge in [-0.25, -0.2) is 0 Å². The number of ether oxygens (including phenoxy) is 1.